The average Bonchev–Trinajstić information content (AvgIpc) is 3.07. The number of pyridine rings is 1. The van der Waals surface area contributed by atoms with Crippen LogP contribution in [-0.2, 0) is 16.6 Å². The van der Waals surface area contributed by atoms with Crippen molar-refractivity contribution >= 4 is 33.0 Å². The normalized spacial score (nSPS) is 11.6. The molecule has 0 bridgehead atoms. The lowest BCUT2D eigenvalue weighted by Crippen LogP contribution is -2.30. The molecule has 2 heterocycles. The first kappa shape index (κ1) is 18.5. The van der Waals surface area contributed by atoms with Crippen LogP contribution in [0.2, 0.25) is 5.02 Å². The number of halogens is 1. The largest absolute Gasteiger partial charge is 0.285 e. The molecule has 0 aliphatic heterocycles. The Morgan fingerprint density at radius 3 is 2.54 bits per heavy atom. The molecule has 0 saturated carbocycles. The van der Waals surface area contributed by atoms with E-state index >= 15 is 0 Å². The molecule has 142 valence electrons. The molecular weight excluding hydrogens is 396 g/mol. The summed E-state index contributed by atoms with van der Waals surface area (Å²) in [5, 5.41) is 8.47. The van der Waals surface area contributed by atoms with Crippen molar-refractivity contribution in [3.63, 3.8) is 0 Å². The van der Waals surface area contributed by atoms with Crippen molar-refractivity contribution in [3.05, 3.63) is 89.3 Å². The number of fused-ring (bicyclic) bond motifs is 1. The van der Waals surface area contributed by atoms with E-state index in [4.69, 9.17) is 11.6 Å². The van der Waals surface area contributed by atoms with Gasteiger partial charge in [0, 0.05) is 11.2 Å². The maximum absolute atomic E-state index is 13.6. The monoisotopic (exact) mass is 412 g/mol. The Balaban J connectivity index is 1.84. The average molecular weight is 413 g/mol. The molecule has 6 nitrogen and oxygen atoms in total. The predicted molar refractivity (Wildman–Crippen MR) is 109 cm³/mol. The van der Waals surface area contributed by atoms with E-state index in [-0.39, 0.29) is 11.4 Å². The summed E-state index contributed by atoms with van der Waals surface area (Å²) in [7, 11) is -3.86. The van der Waals surface area contributed by atoms with Crippen molar-refractivity contribution in [2.45, 2.75) is 18.4 Å². The van der Waals surface area contributed by atoms with Crippen LogP contribution in [-0.4, -0.2) is 23.0 Å². The molecule has 4 rings (SSSR count). The van der Waals surface area contributed by atoms with E-state index in [1.54, 1.807) is 53.9 Å². The van der Waals surface area contributed by atoms with Gasteiger partial charge in [-0.15, -0.1) is 10.2 Å². The van der Waals surface area contributed by atoms with Gasteiger partial charge in [-0.25, -0.2) is 8.42 Å². The quantitative estimate of drug-likeness (QED) is 0.495. The Morgan fingerprint density at radius 2 is 1.79 bits per heavy atom. The molecular formula is C20H17ClN4O2S. The van der Waals surface area contributed by atoms with Gasteiger partial charge in [-0.3, -0.25) is 8.71 Å². The minimum Gasteiger partial charge on any atom is -0.285 e. The van der Waals surface area contributed by atoms with E-state index in [1.165, 1.54) is 4.31 Å². The number of rotatable bonds is 5. The number of aryl methyl sites for hydroxylation is 1. The van der Waals surface area contributed by atoms with Crippen LogP contribution in [0.4, 0.5) is 5.69 Å². The molecule has 4 aromatic rings. The van der Waals surface area contributed by atoms with Crippen LogP contribution in [0.3, 0.4) is 0 Å². The first-order valence-electron chi connectivity index (χ1n) is 8.59. The highest BCUT2D eigenvalue weighted by Crippen LogP contribution is 2.28. The Morgan fingerprint density at radius 1 is 1.00 bits per heavy atom. The summed E-state index contributed by atoms with van der Waals surface area (Å²) in [5.74, 6) is 0.615. The molecule has 0 amide bonds. The molecule has 0 spiro atoms. The molecule has 0 saturated heterocycles. The van der Waals surface area contributed by atoms with Crippen LogP contribution < -0.4 is 4.31 Å². The van der Waals surface area contributed by atoms with Gasteiger partial charge in [0.05, 0.1) is 12.2 Å². The topological polar surface area (TPSA) is 67.6 Å². The van der Waals surface area contributed by atoms with Crippen LogP contribution in [0.25, 0.3) is 5.65 Å². The van der Waals surface area contributed by atoms with Crippen molar-refractivity contribution in [1.82, 2.24) is 14.6 Å². The van der Waals surface area contributed by atoms with Gasteiger partial charge in [-0.1, -0.05) is 48.0 Å². The summed E-state index contributed by atoms with van der Waals surface area (Å²) in [6, 6.07) is 19.4. The van der Waals surface area contributed by atoms with Crippen molar-refractivity contribution < 1.29 is 8.42 Å². The highest BCUT2D eigenvalue weighted by molar-refractivity contribution is 7.92. The van der Waals surface area contributed by atoms with Crippen LogP contribution >= 0.6 is 11.6 Å². The minimum atomic E-state index is -3.86. The van der Waals surface area contributed by atoms with Gasteiger partial charge in [-0.2, -0.15) is 0 Å². The number of nitrogens with zero attached hydrogens (tertiary/aromatic N) is 4. The Hall–Kier alpha value is -2.90. The fourth-order valence-electron chi connectivity index (χ4n) is 2.96. The third-order valence-corrected chi connectivity index (χ3v) is 6.39. The van der Waals surface area contributed by atoms with Gasteiger partial charge in [-0.05, 0) is 42.8 Å². The highest BCUT2D eigenvalue weighted by atomic mass is 35.5. The Labute approximate surface area is 168 Å². The summed E-state index contributed by atoms with van der Waals surface area (Å²) >= 11 is 6.13. The zero-order chi connectivity index (χ0) is 19.7. The molecule has 8 heteroatoms. The second-order valence-electron chi connectivity index (χ2n) is 6.32. The third kappa shape index (κ3) is 3.46. The SMILES string of the molecule is Cc1nnc2ccc(S(=O)(=O)N(Cc3ccccc3)c3cccc(Cl)c3)cn12. The van der Waals surface area contributed by atoms with E-state index < -0.39 is 10.0 Å². The molecule has 28 heavy (non-hydrogen) atoms. The van der Waals surface area contributed by atoms with Crippen molar-refractivity contribution in [1.29, 1.82) is 0 Å². The minimum absolute atomic E-state index is 0.152. The molecule has 0 fully saturated rings. The van der Waals surface area contributed by atoms with Gasteiger partial charge in [0.15, 0.2) is 5.65 Å². The fourth-order valence-corrected chi connectivity index (χ4v) is 4.59. The molecule has 0 radical (unpaired) electrons. The van der Waals surface area contributed by atoms with Crippen molar-refractivity contribution in [3.8, 4) is 0 Å². The number of anilines is 1. The number of aromatic nitrogens is 3. The smallest absolute Gasteiger partial charge is 0.266 e. The van der Waals surface area contributed by atoms with E-state index in [0.29, 0.717) is 22.2 Å². The Bertz CT molecular complexity index is 1240. The third-order valence-electron chi connectivity index (χ3n) is 4.40. The fraction of sp³-hybridized carbons (Fsp3) is 0.100. The van der Waals surface area contributed by atoms with Crippen LogP contribution in [0.1, 0.15) is 11.4 Å². The number of hydrogen-bond donors (Lipinski definition) is 0. The lowest BCUT2D eigenvalue weighted by molar-refractivity contribution is 0.590. The molecule has 2 aromatic carbocycles. The molecule has 2 aromatic heterocycles. The molecule has 0 aliphatic rings. The van der Waals surface area contributed by atoms with E-state index in [1.807, 2.05) is 30.3 Å². The van der Waals surface area contributed by atoms with Crippen molar-refractivity contribution in [2.24, 2.45) is 0 Å². The summed E-state index contributed by atoms with van der Waals surface area (Å²) < 4.78 is 30.1. The first-order chi connectivity index (χ1) is 13.4. The number of benzene rings is 2. The van der Waals surface area contributed by atoms with Crippen LogP contribution in [0, 0.1) is 6.92 Å². The van der Waals surface area contributed by atoms with Crippen LogP contribution in [0.5, 0.6) is 0 Å². The van der Waals surface area contributed by atoms with Gasteiger partial charge in [0.1, 0.15) is 10.7 Å². The zero-order valence-electron chi connectivity index (χ0n) is 15.0. The highest BCUT2D eigenvalue weighted by Gasteiger charge is 2.26. The lowest BCUT2D eigenvalue weighted by atomic mass is 10.2. The van der Waals surface area contributed by atoms with E-state index in [0.717, 1.165) is 5.56 Å². The van der Waals surface area contributed by atoms with E-state index in [9.17, 15) is 8.42 Å². The van der Waals surface area contributed by atoms with Gasteiger partial charge in [0.25, 0.3) is 10.0 Å². The summed E-state index contributed by atoms with van der Waals surface area (Å²) in [4.78, 5) is 0.152. The van der Waals surface area contributed by atoms with Crippen LogP contribution in [0.15, 0.2) is 77.8 Å². The molecule has 0 atom stereocenters. The summed E-state index contributed by atoms with van der Waals surface area (Å²) in [6.45, 7) is 1.96. The molecule has 0 aliphatic carbocycles. The van der Waals surface area contributed by atoms with E-state index in [2.05, 4.69) is 10.2 Å². The van der Waals surface area contributed by atoms with Crippen molar-refractivity contribution in [2.75, 3.05) is 4.31 Å². The number of hydrogen-bond acceptors (Lipinski definition) is 4. The standard InChI is InChI=1S/C20H17ClN4O2S/c1-15-22-23-20-11-10-19(14-24(15)20)28(26,27)25(13-16-6-3-2-4-7-16)18-9-5-8-17(21)12-18/h2-12,14H,13H2,1H3. The zero-order valence-corrected chi connectivity index (χ0v) is 16.6. The predicted octanol–water partition coefficient (Wildman–Crippen LogP) is 4.09. The maximum atomic E-state index is 13.6. The lowest BCUT2D eigenvalue weighted by Gasteiger charge is -2.25. The summed E-state index contributed by atoms with van der Waals surface area (Å²) in [6.07, 6.45) is 1.54. The van der Waals surface area contributed by atoms with Gasteiger partial charge < -0.3 is 0 Å². The second-order valence-corrected chi connectivity index (χ2v) is 8.62. The second kappa shape index (κ2) is 7.26. The van der Waals surface area contributed by atoms with Gasteiger partial charge in [0.2, 0.25) is 0 Å². The first-order valence-corrected chi connectivity index (χ1v) is 10.4. The molecule has 0 N–H and O–H groups in total. The molecule has 0 unspecified atom stereocenters. The maximum Gasteiger partial charge on any atom is 0.266 e. The Kier molecular flexibility index (Phi) is 4.78. The number of sulfonamides is 1. The van der Waals surface area contributed by atoms with Gasteiger partial charge >= 0.3 is 0 Å². The summed E-state index contributed by atoms with van der Waals surface area (Å²) in [5.41, 5.74) is 1.96.